The van der Waals surface area contributed by atoms with E-state index in [1.54, 1.807) is 0 Å². The largest absolute Gasteiger partial charge is 0.463 e. The highest BCUT2D eigenvalue weighted by molar-refractivity contribution is 5.07. The molecule has 1 rings (SSSR count). The second-order valence-corrected chi connectivity index (χ2v) is 5.80. The van der Waals surface area contributed by atoms with Crippen LogP contribution in [0.4, 0.5) is 0 Å². The van der Waals surface area contributed by atoms with Gasteiger partial charge in [0.1, 0.15) is 11.5 Å². The maximum Gasteiger partial charge on any atom is 0.118 e. The summed E-state index contributed by atoms with van der Waals surface area (Å²) in [7, 11) is 6.37. The van der Waals surface area contributed by atoms with Crippen LogP contribution in [0.5, 0.6) is 0 Å². The first-order valence-corrected chi connectivity index (χ1v) is 7.11. The molecule has 0 unspecified atom stereocenters. The molecule has 19 heavy (non-hydrogen) atoms. The molecule has 0 radical (unpaired) electrons. The molecule has 4 nitrogen and oxygen atoms in total. The molecular formula is C15H29N3O. The molecule has 0 aliphatic carbocycles. The Bertz CT molecular complexity index is 347. The van der Waals surface area contributed by atoms with Gasteiger partial charge in [0.25, 0.3) is 0 Å². The highest BCUT2D eigenvalue weighted by Gasteiger charge is 2.06. The van der Waals surface area contributed by atoms with Gasteiger partial charge in [-0.2, -0.15) is 0 Å². The molecule has 110 valence electrons. The minimum atomic E-state index is 0.488. The van der Waals surface area contributed by atoms with Crippen LogP contribution in [0, 0.1) is 0 Å². The van der Waals surface area contributed by atoms with Gasteiger partial charge in [-0.15, -0.1) is 0 Å². The van der Waals surface area contributed by atoms with Crippen molar-refractivity contribution in [3.8, 4) is 0 Å². The first-order valence-electron chi connectivity index (χ1n) is 7.11. The number of nitrogens with zero attached hydrogens (tertiary/aromatic N) is 2. The molecule has 0 saturated carbocycles. The minimum Gasteiger partial charge on any atom is -0.463 e. The van der Waals surface area contributed by atoms with E-state index in [2.05, 4.69) is 62.2 Å². The van der Waals surface area contributed by atoms with E-state index >= 15 is 0 Å². The predicted octanol–water partition coefficient (Wildman–Crippen LogP) is 2.16. The Morgan fingerprint density at radius 3 is 2.42 bits per heavy atom. The summed E-state index contributed by atoms with van der Waals surface area (Å²) in [5.41, 5.74) is 0. The van der Waals surface area contributed by atoms with Crippen molar-refractivity contribution in [2.45, 2.75) is 39.4 Å². The first-order chi connectivity index (χ1) is 8.97. The molecule has 1 N–H and O–H groups in total. The molecule has 1 aromatic heterocycles. The monoisotopic (exact) mass is 267 g/mol. The van der Waals surface area contributed by atoms with Gasteiger partial charge in [0.15, 0.2) is 0 Å². The Hall–Kier alpha value is -0.840. The lowest BCUT2D eigenvalue weighted by atomic mass is 10.3. The summed E-state index contributed by atoms with van der Waals surface area (Å²) < 4.78 is 5.82. The van der Waals surface area contributed by atoms with E-state index < -0.39 is 0 Å². The second-order valence-electron chi connectivity index (χ2n) is 5.80. The molecule has 0 spiro atoms. The van der Waals surface area contributed by atoms with Gasteiger partial charge in [0, 0.05) is 6.04 Å². The number of nitrogens with one attached hydrogen (secondary N) is 1. The summed E-state index contributed by atoms with van der Waals surface area (Å²) in [5, 5.41) is 3.36. The van der Waals surface area contributed by atoms with Gasteiger partial charge < -0.3 is 14.6 Å². The Morgan fingerprint density at radius 2 is 1.79 bits per heavy atom. The maximum atomic E-state index is 5.82. The number of rotatable bonds is 9. The quantitative estimate of drug-likeness (QED) is 0.743. The summed E-state index contributed by atoms with van der Waals surface area (Å²) >= 11 is 0. The predicted molar refractivity (Wildman–Crippen MR) is 80.2 cm³/mol. The average Bonchev–Trinajstić information content (AvgIpc) is 2.73. The van der Waals surface area contributed by atoms with Crippen molar-refractivity contribution in [2.24, 2.45) is 0 Å². The molecule has 1 heterocycles. The molecule has 0 aliphatic heterocycles. The third kappa shape index (κ3) is 7.35. The van der Waals surface area contributed by atoms with E-state index in [1.807, 2.05) is 0 Å². The van der Waals surface area contributed by atoms with Crippen molar-refractivity contribution in [3.05, 3.63) is 23.7 Å². The van der Waals surface area contributed by atoms with Crippen LogP contribution in [0.1, 0.15) is 31.8 Å². The van der Waals surface area contributed by atoms with Crippen LogP contribution in [0.25, 0.3) is 0 Å². The zero-order chi connectivity index (χ0) is 14.3. The van der Waals surface area contributed by atoms with Gasteiger partial charge in [-0.3, -0.25) is 4.90 Å². The van der Waals surface area contributed by atoms with Crippen LogP contribution < -0.4 is 5.32 Å². The summed E-state index contributed by atoms with van der Waals surface area (Å²) in [5.74, 6) is 2.07. The molecule has 0 amide bonds. The highest BCUT2D eigenvalue weighted by Crippen LogP contribution is 2.10. The van der Waals surface area contributed by atoms with Crippen molar-refractivity contribution in [1.82, 2.24) is 15.1 Å². The van der Waals surface area contributed by atoms with E-state index in [0.29, 0.717) is 6.04 Å². The van der Waals surface area contributed by atoms with Crippen LogP contribution in [0.2, 0.25) is 0 Å². The molecular weight excluding hydrogens is 238 g/mol. The SMILES string of the molecule is CC(C)NCc1ccc(CN(C)CCCN(C)C)o1. The van der Waals surface area contributed by atoms with Crippen LogP contribution in [0.15, 0.2) is 16.5 Å². The van der Waals surface area contributed by atoms with E-state index in [4.69, 9.17) is 4.42 Å². The fourth-order valence-electron chi connectivity index (χ4n) is 1.91. The lowest BCUT2D eigenvalue weighted by Crippen LogP contribution is -2.23. The molecule has 0 bridgehead atoms. The Balaban J connectivity index is 2.28. The molecule has 0 fully saturated rings. The summed E-state index contributed by atoms with van der Waals surface area (Å²) in [4.78, 5) is 4.53. The van der Waals surface area contributed by atoms with Gasteiger partial charge in [0.2, 0.25) is 0 Å². The highest BCUT2D eigenvalue weighted by atomic mass is 16.3. The lowest BCUT2D eigenvalue weighted by molar-refractivity contribution is 0.269. The molecule has 0 saturated heterocycles. The third-order valence-electron chi connectivity index (χ3n) is 2.97. The summed E-state index contributed by atoms with van der Waals surface area (Å²) in [6.07, 6.45) is 1.19. The zero-order valence-corrected chi connectivity index (χ0v) is 13.1. The summed E-state index contributed by atoms with van der Waals surface area (Å²) in [6, 6.07) is 4.64. The number of hydrogen-bond acceptors (Lipinski definition) is 4. The molecule has 0 aliphatic rings. The first kappa shape index (κ1) is 16.2. The van der Waals surface area contributed by atoms with E-state index in [9.17, 15) is 0 Å². The normalized spacial score (nSPS) is 12.0. The third-order valence-corrected chi connectivity index (χ3v) is 2.97. The number of hydrogen-bond donors (Lipinski definition) is 1. The van der Waals surface area contributed by atoms with Crippen molar-refractivity contribution in [1.29, 1.82) is 0 Å². The molecule has 0 atom stereocenters. The molecule has 1 aromatic rings. The van der Waals surface area contributed by atoms with Gasteiger partial charge in [0.05, 0.1) is 13.1 Å². The van der Waals surface area contributed by atoms with Crippen LogP contribution in [-0.4, -0.2) is 50.1 Å². The molecule has 4 heteroatoms. The molecule has 0 aromatic carbocycles. The zero-order valence-electron chi connectivity index (χ0n) is 13.1. The van der Waals surface area contributed by atoms with E-state index in [1.165, 1.54) is 6.42 Å². The van der Waals surface area contributed by atoms with Gasteiger partial charge in [-0.1, -0.05) is 13.8 Å². The van der Waals surface area contributed by atoms with Gasteiger partial charge in [-0.05, 0) is 52.8 Å². The Morgan fingerprint density at radius 1 is 1.11 bits per heavy atom. The van der Waals surface area contributed by atoms with Gasteiger partial charge in [-0.25, -0.2) is 0 Å². The lowest BCUT2D eigenvalue weighted by Gasteiger charge is -2.16. The fraction of sp³-hybridized carbons (Fsp3) is 0.733. The van der Waals surface area contributed by atoms with Crippen LogP contribution >= 0.6 is 0 Å². The van der Waals surface area contributed by atoms with Crippen molar-refractivity contribution in [2.75, 3.05) is 34.2 Å². The van der Waals surface area contributed by atoms with Gasteiger partial charge >= 0.3 is 0 Å². The van der Waals surface area contributed by atoms with Crippen LogP contribution in [-0.2, 0) is 13.1 Å². The average molecular weight is 267 g/mol. The Labute approximate surface area is 117 Å². The standard InChI is InChI=1S/C15H29N3O/c1-13(2)16-11-14-7-8-15(19-14)12-18(5)10-6-9-17(3)4/h7-8,13,16H,6,9-12H2,1-5H3. The van der Waals surface area contributed by atoms with E-state index in [-0.39, 0.29) is 0 Å². The maximum absolute atomic E-state index is 5.82. The van der Waals surface area contributed by atoms with Crippen LogP contribution in [0.3, 0.4) is 0 Å². The fourth-order valence-corrected chi connectivity index (χ4v) is 1.91. The van der Waals surface area contributed by atoms with E-state index in [0.717, 1.165) is 37.7 Å². The number of furan rings is 1. The van der Waals surface area contributed by atoms with Crippen molar-refractivity contribution in [3.63, 3.8) is 0 Å². The topological polar surface area (TPSA) is 31.6 Å². The van der Waals surface area contributed by atoms with Crippen molar-refractivity contribution < 1.29 is 4.42 Å². The second kappa shape index (κ2) is 8.35. The smallest absolute Gasteiger partial charge is 0.118 e. The minimum absolute atomic E-state index is 0.488. The summed E-state index contributed by atoms with van der Waals surface area (Å²) in [6.45, 7) is 8.20. The van der Waals surface area contributed by atoms with Crippen molar-refractivity contribution >= 4 is 0 Å². The Kier molecular flexibility index (Phi) is 7.13.